The fourth-order valence-electron chi connectivity index (χ4n) is 2.75. The molecule has 1 saturated carbocycles. The van der Waals surface area contributed by atoms with Crippen LogP contribution < -0.4 is 10.6 Å². The van der Waals surface area contributed by atoms with Crippen LogP contribution in [0.5, 0.6) is 0 Å². The van der Waals surface area contributed by atoms with Gasteiger partial charge in [0.2, 0.25) is 0 Å². The van der Waals surface area contributed by atoms with Crippen molar-refractivity contribution < 1.29 is 0 Å². The second kappa shape index (κ2) is 7.73. The molecule has 1 aliphatic heterocycles. The quantitative estimate of drug-likeness (QED) is 0.439. The Hall–Kier alpha value is -0.770. The van der Waals surface area contributed by atoms with Gasteiger partial charge in [0.25, 0.3) is 0 Å². The Morgan fingerprint density at radius 1 is 1.21 bits per heavy atom. The third-order valence-electron chi connectivity index (χ3n) is 4.25. The number of unbranched alkanes of at least 4 members (excludes halogenated alkanes) is 1. The number of rotatable bonds is 6. The lowest BCUT2D eigenvalue weighted by Crippen LogP contribution is -2.40. The molecule has 0 spiro atoms. The largest absolute Gasteiger partial charge is 0.356 e. The maximum atomic E-state index is 4.25. The molecule has 4 heteroatoms. The van der Waals surface area contributed by atoms with E-state index in [9.17, 15) is 0 Å². The van der Waals surface area contributed by atoms with E-state index >= 15 is 0 Å². The zero-order chi connectivity index (χ0) is 13.5. The summed E-state index contributed by atoms with van der Waals surface area (Å²) in [7, 11) is 1.85. The molecule has 1 heterocycles. The van der Waals surface area contributed by atoms with Crippen molar-refractivity contribution in [3.63, 3.8) is 0 Å². The highest BCUT2D eigenvalue weighted by Gasteiger charge is 2.22. The highest BCUT2D eigenvalue weighted by Crippen LogP contribution is 2.18. The summed E-state index contributed by atoms with van der Waals surface area (Å²) in [5, 5.41) is 6.83. The van der Waals surface area contributed by atoms with Gasteiger partial charge in [0.1, 0.15) is 0 Å². The first kappa shape index (κ1) is 14.6. The molecule has 0 radical (unpaired) electrons. The molecular formula is C15H30N4. The molecule has 2 N–H and O–H groups in total. The fraction of sp³-hybridized carbons (Fsp3) is 0.933. The van der Waals surface area contributed by atoms with Crippen molar-refractivity contribution in [3.05, 3.63) is 0 Å². The minimum atomic E-state index is 0.681. The van der Waals surface area contributed by atoms with Crippen LogP contribution in [0.1, 0.15) is 51.9 Å². The Bertz CT molecular complexity index is 286. The Balaban J connectivity index is 1.51. The van der Waals surface area contributed by atoms with Gasteiger partial charge in [0, 0.05) is 25.7 Å². The molecule has 4 nitrogen and oxygen atoms in total. The van der Waals surface area contributed by atoms with Crippen molar-refractivity contribution in [3.8, 4) is 0 Å². The normalized spacial score (nSPS) is 25.4. The average molecular weight is 266 g/mol. The van der Waals surface area contributed by atoms with Crippen LogP contribution in [0, 0.1) is 0 Å². The van der Waals surface area contributed by atoms with Gasteiger partial charge in [-0.25, -0.2) is 0 Å². The standard InChI is InChI=1S/C15H30N4/c1-13-7-3-5-11-19(13)12-6-4-10-17-15(16-2)18-14-8-9-14/h13-14H,3-12H2,1-2H3,(H2,16,17,18). The van der Waals surface area contributed by atoms with Gasteiger partial charge in [-0.2, -0.15) is 0 Å². The maximum absolute atomic E-state index is 4.25. The van der Waals surface area contributed by atoms with Gasteiger partial charge in [-0.3, -0.25) is 4.99 Å². The summed E-state index contributed by atoms with van der Waals surface area (Å²) in [5.74, 6) is 0.980. The Morgan fingerprint density at radius 2 is 2.05 bits per heavy atom. The number of nitrogens with zero attached hydrogens (tertiary/aromatic N) is 2. The number of nitrogens with one attached hydrogen (secondary N) is 2. The van der Waals surface area contributed by atoms with E-state index in [1.54, 1.807) is 0 Å². The first-order chi connectivity index (χ1) is 9.29. The van der Waals surface area contributed by atoms with E-state index < -0.39 is 0 Å². The SMILES string of the molecule is CN=C(NCCCCN1CCCCC1C)NC1CC1. The minimum absolute atomic E-state index is 0.681. The van der Waals surface area contributed by atoms with Gasteiger partial charge in [0.15, 0.2) is 5.96 Å². The average Bonchev–Trinajstić information content (AvgIpc) is 3.23. The molecule has 0 aromatic carbocycles. The Kier molecular flexibility index (Phi) is 5.95. The van der Waals surface area contributed by atoms with Crippen molar-refractivity contribution in [2.24, 2.45) is 4.99 Å². The summed E-state index contributed by atoms with van der Waals surface area (Å²) in [5.41, 5.74) is 0. The number of aliphatic imine (C=N–C) groups is 1. The second-order valence-electron chi connectivity index (χ2n) is 6.01. The summed E-state index contributed by atoms with van der Waals surface area (Å²) in [4.78, 5) is 6.91. The summed E-state index contributed by atoms with van der Waals surface area (Å²) < 4.78 is 0. The van der Waals surface area contributed by atoms with E-state index in [0.717, 1.165) is 18.5 Å². The van der Waals surface area contributed by atoms with Crippen LogP contribution >= 0.6 is 0 Å². The number of likely N-dealkylation sites (tertiary alicyclic amines) is 1. The molecule has 110 valence electrons. The molecule has 0 aromatic heterocycles. The molecule has 0 aromatic rings. The van der Waals surface area contributed by atoms with E-state index in [0.29, 0.717) is 6.04 Å². The molecule has 0 amide bonds. The van der Waals surface area contributed by atoms with Crippen molar-refractivity contribution in [1.29, 1.82) is 0 Å². The molecule has 2 aliphatic rings. The summed E-state index contributed by atoms with van der Waals surface area (Å²) >= 11 is 0. The van der Waals surface area contributed by atoms with Crippen molar-refractivity contribution in [2.45, 2.75) is 64.0 Å². The highest BCUT2D eigenvalue weighted by atomic mass is 15.2. The molecule has 1 atom stereocenters. The number of hydrogen-bond donors (Lipinski definition) is 2. The molecule has 2 fully saturated rings. The monoisotopic (exact) mass is 266 g/mol. The van der Waals surface area contributed by atoms with Crippen molar-refractivity contribution in [2.75, 3.05) is 26.7 Å². The lowest BCUT2D eigenvalue weighted by atomic mass is 10.0. The van der Waals surface area contributed by atoms with Crippen LogP contribution in [0.4, 0.5) is 0 Å². The number of piperidine rings is 1. The first-order valence-corrected chi connectivity index (χ1v) is 8.01. The van der Waals surface area contributed by atoms with Gasteiger partial charge in [-0.1, -0.05) is 6.42 Å². The van der Waals surface area contributed by atoms with E-state index in [2.05, 4.69) is 27.4 Å². The lowest BCUT2D eigenvalue weighted by Gasteiger charge is -2.33. The van der Waals surface area contributed by atoms with Crippen LogP contribution in [-0.4, -0.2) is 49.6 Å². The minimum Gasteiger partial charge on any atom is -0.356 e. The van der Waals surface area contributed by atoms with Gasteiger partial charge >= 0.3 is 0 Å². The van der Waals surface area contributed by atoms with Crippen LogP contribution in [0.3, 0.4) is 0 Å². The van der Waals surface area contributed by atoms with Gasteiger partial charge in [-0.15, -0.1) is 0 Å². The smallest absolute Gasteiger partial charge is 0.191 e. The van der Waals surface area contributed by atoms with E-state index in [4.69, 9.17) is 0 Å². The molecule has 1 unspecified atom stereocenters. The molecule has 0 bridgehead atoms. The fourth-order valence-corrected chi connectivity index (χ4v) is 2.75. The predicted molar refractivity (Wildman–Crippen MR) is 81.6 cm³/mol. The summed E-state index contributed by atoms with van der Waals surface area (Å²) in [6, 6.07) is 1.48. The van der Waals surface area contributed by atoms with E-state index in [-0.39, 0.29) is 0 Å². The van der Waals surface area contributed by atoms with Crippen molar-refractivity contribution in [1.82, 2.24) is 15.5 Å². The Morgan fingerprint density at radius 3 is 2.74 bits per heavy atom. The molecule has 1 saturated heterocycles. The molecule has 1 aliphatic carbocycles. The predicted octanol–water partition coefficient (Wildman–Crippen LogP) is 1.97. The maximum Gasteiger partial charge on any atom is 0.191 e. The summed E-state index contributed by atoms with van der Waals surface area (Å²) in [6.45, 7) is 5.98. The lowest BCUT2D eigenvalue weighted by molar-refractivity contribution is 0.158. The molecule has 19 heavy (non-hydrogen) atoms. The van der Waals surface area contributed by atoms with Crippen LogP contribution in [0.2, 0.25) is 0 Å². The van der Waals surface area contributed by atoms with Crippen LogP contribution in [-0.2, 0) is 0 Å². The number of guanidine groups is 1. The highest BCUT2D eigenvalue weighted by molar-refractivity contribution is 5.80. The second-order valence-corrected chi connectivity index (χ2v) is 6.01. The zero-order valence-corrected chi connectivity index (χ0v) is 12.6. The van der Waals surface area contributed by atoms with Gasteiger partial charge in [0.05, 0.1) is 0 Å². The Labute approximate surface area is 118 Å². The molecular weight excluding hydrogens is 236 g/mol. The third-order valence-corrected chi connectivity index (χ3v) is 4.25. The van der Waals surface area contributed by atoms with Gasteiger partial charge in [-0.05, 0) is 58.5 Å². The van der Waals surface area contributed by atoms with E-state index in [1.807, 2.05) is 7.05 Å². The zero-order valence-electron chi connectivity index (χ0n) is 12.6. The van der Waals surface area contributed by atoms with Crippen LogP contribution in [0.15, 0.2) is 4.99 Å². The van der Waals surface area contributed by atoms with E-state index in [1.165, 1.54) is 58.0 Å². The summed E-state index contributed by atoms with van der Waals surface area (Å²) in [6.07, 6.45) is 9.31. The first-order valence-electron chi connectivity index (χ1n) is 8.01. The van der Waals surface area contributed by atoms with Gasteiger partial charge < -0.3 is 15.5 Å². The number of hydrogen-bond acceptors (Lipinski definition) is 2. The molecule has 2 rings (SSSR count). The third kappa shape index (κ3) is 5.39. The van der Waals surface area contributed by atoms with Crippen molar-refractivity contribution >= 4 is 5.96 Å². The topological polar surface area (TPSA) is 39.7 Å². The van der Waals surface area contributed by atoms with Crippen LogP contribution in [0.25, 0.3) is 0 Å².